The van der Waals surface area contributed by atoms with Crippen LogP contribution in [0.25, 0.3) is 44.4 Å². The molecule has 8 bridgehead atoms. The molecule has 3 aromatic heterocycles. The Kier molecular flexibility index (Phi) is 8.77. The van der Waals surface area contributed by atoms with Gasteiger partial charge in [-0.25, -0.2) is 9.97 Å². The van der Waals surface area contributed by atoms with E-state index in [0.717, 1.165) is 68.3 Å². The van der Waals surface area contributed by atoms with E-state index in [4.69, 9.17) is 9.97 Å². The average Bonchev–Trinajstić information content (AvgIpc) is 3.63. The fraction of sp³-hybridized carbons (Fsp3) is 0.343. The number of nitrogens with one attached hydrogen (secondary N) is 2. The molecule has 0 saturated carbocycles. The van der Waals surface area contributed by atoms with Crippen LogP contribution in [0.15, 0.2) is 24.3 Å². The normalized spacial score (nSPS) is 13.1. The lowest BCUT2D eigenvalue weighted by atomic mass is 9.96. The Morgan fingerprint density at radius 2 is 1.07 bits per heavy atom. The van der Waals surface area contributed by atoms with Crippen LogP contribution >= 0.6 is 0 Å². The zero-order valence-electron chi connectivity index (χ0n) is 26.2. The fourth-order valence-electron chi connectivity index (χ4n) is 6.46. The van der Waals surface area contributed by atoms with Crippen LogP contribution in [0.4, 0.5) is 0 Å². The van der Waals surface area contributed by atoms with Gasteiger partial charge < -0.3 is 25.3 Å². The van der Waals surface area contributed by atoms with Crippen LogP contribution in [0.1, 0.15) is 97.9 Å². The molecular weight excluding hydrogens is 572 g/mol. The number of aromatic nitrogens is 4. The number of aliphatic carboxylic acids is 3. The highest BCUT2D eigenvalue weighted by molar-refractivity contribution is 6.00. The third kappa shape index (κ3) is 6.18. The number of carbonyl (C=O) groups is 3. The van der Waals surface area contributed by atoms with Gasteiger partial charge in [0.1, 0.15) is 0 Å². The predicted molar refractivity (Wildman–Crippen MR) is 175 cm³/mol. The maximum Gasteiger partial charge on any atom is 0.307 e. The van der Waals surface area contributed by atoms with Crippen LogP contribution in [-0.4, -0.2) is 53.2 Å². The Morgan fingerprint density at radius 3 is 1.58 bits per heavy atom. The molecule has 0 radical (unpaired) electrons. The fourth-order valence-corrected chi connectivity index (χ4v) is 6.46. The molecule has 0 amide bonds. The molecule has 5 heterocycles. The molecular formula is C35H38N4O6. The lowest BCUT2D eigenvalue weighted by Gasteiger charge is -2.06. The van der Waals surface area contributed by atoms with Crippen molar-refractivity contribution in [2.75, 3.05) is 0 Å². The molecule has 0 saturated heterocycles. The van der Waals surface area contributed by atoms with Crippen molar-refractivity contribution in [2.45, 2.75) is 79.6 Å². The summed E-state index contributed by atoms with van der Waals surface area (Å²) in [7, 11) is 0. The van der Waals surface area contributed by atoms with Crippen LogP contribution in [-0.2, 0) is 27.2 Å². The first kappa shape index (κ1) is 31.4. The van der Waals surface area contributed by atoms with Gasteiger partial charge in [0.2, 0.25) is 0 Å². The van der Waals surface area contributed by atoms with E-state index in [1.807, 2.05) is 19.1 Å². The number of hydrogen-bond donors (Lipinski definition) is 5. The molecule has 0 aromatic carbocycles. The van der Waals surface area contributed by atoms with E-state index >= 15 is 0 Å². The zero-order chi connectivity index (χ0) is 32.6. The molecule has 0 unspecified atom stereocenters. The SMILES string of the molecule is CCc1c(C)c2cc3[nH]c(cc4nc(cc5nc(cc1[nH]2)C(C)=C5CCC(=O)O)C(CC(=O)O)=C4CCC(=O)O)c(CC)c3C. The topological polar surface area (TPSA) is 169 Å². The highest BCUT2D eigenvalue weighted by Crippen LogP contribution is 2.39. The molecule has 2 aliphatic heterocycles. The standard InChI is InChI=1S/C35H38N4O6/c1-6-20-17(3)25-13-26-18(4)21(7-2)29(37-26)15-31-23(9-11-34(42)43)24(12-35(44)45)32(39-31)16-30-22(8-10-33(40)41)19(5)27(38-30)14-28(20)36-25/h13-16,36-37H,6-12H2,1-5H3,(H,40,41)(H,42,43)(H,44,45). The predicted octanol–water partition coefficient (Wildman–Crippen LogP) is 7.10. The van der Waals surface area contributed by atoms with Crippen LogP contribution in [0.3, 0.4) is 0 Å². The summed E-state index contributed by atoms with van der Waals surface area (Å²) in [6.07, 6.45) is 1.25. The van der Waals surface area contributed by atoms with E-state index in [1.165, 1.54) is 0 Å². The summed E-state index contributed by atoms with van der Waals surface area (Å²) in [6.45, 7) is 10.2. The Hall–Kier alpha value is -4.99. The highest BCUT2D eigenvalue weighted by Gasteiger charge is 2.25. The average molecular weight is 611 g/mol. The Morgan fingerprint density at radius 1 is 0.600 bits per heavy atom. The van der Waals surface area contributed by atoms with Crippen molar-refractivity contribution < 1.29 is 29.7 Å². The summed E-state index contributed by atoms with van der Waals surface area (Å²) in [5, 5.41) is 28.9. The maximum atomic E-state index is 12.1. The molecule has 10 heteroatoms. The van der Waals surface area contributed by atoms with Gasteiger partial charge in [-0.1, -0.05) is 13.8 Å². The van der Waals surface area contributed by atoms with Crippen molar-refractivity contribution in [1.29, 1.82) is 0 Å². The van der Waals surface area contributed by atoms with E-state index in [9.17, 15) is 29.7 Å². The number of aromatic amines is 2. The first-order valence-corrected chi connectivity index (χ1v) is 15.2. The second kappa shape index (κ2) is 12.6. The van der Waals surface area contributed by atoms with E-state index in [-0.39, 0.29) is 32.1 Å². The molecule has 234 valence electrons. The second-order valence-corrected chi connectivity index (χ2v) is 11.6. The van der Waals surface area contributed by atoms with Gasteiger partial charge in [-0.15, -0.1) is 0 Å². The third-order valence-electron chi connectivity index (χ3n) is 8.85. The van der Waals surface area contributed by atoms with Gasteiger partial charge in [0.05, 0.1) is 29.2 Å². The Balaban J connectivity index is 1.95. The van der Waals surface area contributed by atoms with Crippen molar-refractivity contribution in [1.82, 2.24) is 19.9 Å². The molecule has 0 fully saturated rings. The molecule has 45 heavy (non-hydrogen) atoms. The van der Waals surface area contributed by atoms with Gasteiger partial charge in [-0.05, 0) is 115 Å². The number of carboxylic acid groups (broad SMARTS) is 3. The van der Waals surface area contributed by atoms with Gasteiger partial charge in [-0.3, -0.25) is 14.4 Å². The van der Waals surface area contributed by atoms with E-state index in [1.54, 1.807) is 6.07 Å². The summed E-state index contributed by atoms with van der Waals surface area (Å²) >= 11 is 0. The van der Waals surface area contributed by atoms with Crippen LogP contribution in [0.5, 0.6) is 0 Å². The van der Waals surface area contributed by atoms with E-state index in [2.05, 4.69) is 43.7 Å². The largest absolute Gasteiger partial charge is 0.481 e. The summed E-state index contributed by atoms with van der Waals surface area (Å²) in [5.74, 6) is -2.99. The van der Waals surface area contributed by atoms with E-state index in [0.29, 0.717) is 33.9 Å². The van der Waals surface area contributed by atoms with Gasteiger partial charge >= 0.3 is 17.9 Å². The molecule has 2 aliphatic rings. The molecule has 5 N–H and O–H groups in total. The monoisotopic (exact) mass is 610 g/mol. The molecule has 10 nitrogen and oxygen atoms in total. The van der Waals surface area contributed by atoms with E-state index < -0.39 is 17.9 Å². The minimum atomic E-state index is -1.07. The lowest BCUT2D eigenvalue weighted by Crippen LogP contribution is -2.00. The van der Waals surface area contributed by atoms with Gasteiger partial charge in [0.25, 0.3) is 0 Å². The maximum absolute atomic E-state index is 12.1. The first-order chi connectivity index (χ1) is 21.4. The summed E-state index contributed by atoms with van der Waals surface area (Å²) in [4.78, 5) is 52.3. The van der Waals surface area contributed by atoms with Gasteiger partial charge in [0, 0.05) is 34.9 Å². The summed E-state index contributed by atoms with van der Waals surface area (Å²) in [6, 6.07) is 7.69. The molecule has 0 aliphatic carbocycles. The molecule has 0 atom stereocenters. The minimum absolute atomic E-state index is 0.0961. The molecule has 0 spiro atoms. The quantitative estimate of drug-likeness (QED) is 0.162. The molecule has 5 rings (SSSR count). The first-order valence-electron chi connectivity index (χ1n) is 15.2. The number of aryl methyl sites for hydroxylation is 4. The minimum Gasteiger partial charge on any atom is -0.481 e. The van der Waals surface area contributed by atoms with Crippen molar-refractivity contribution in [2.24, 2.45) is 0 Å². The molecule has 3 aromatic rings. The Labute approximate surface area is 260 Å². The van der Waals surface area contributed by atoms with Crippen LogP contribution in [0, 0.1) is 13.8 Å². The number of fused-ring (bicyclic) bond motifs is 8. The number of nitrogens with zero attached hydrogens (tertiary/aromatic N) is 2. The number of carboxylic acids is 3. The van der Waals surface area contributed by atoms with Crippen LogP contribution in [0.2, 0.25) is 0 Å². The number of allylic oxidation sites excluding steroid dienone is 3. The number of hydrogen-bond acceptors (Lipinski definition) is 5. The van der Waals surface area contributed by atoms with Crippen molar-refractivity contribution >= 4 is 62.3 Å². The Bertz CT molecular complexity index is 1970. The van der Waals surface area contributed by atoms with Gasteiger partial charge in [-0.2, -0.15) is 0 Å². The van der Waals surface area contributed by atoms with Crippen molar-refractivity contribution in [3.63, 3.8) is 0 Å². The number of rotatable bonds is 10. The smallest absolute Gasteiger partial charge is 0.307 e. The number of H-pyrrole nitrogens is 2. The summed E-state index contributed by atoms with van der Waals surface area (Å²) < 4.78 is 0. The van der Waals surface area contributed by atoms with Crippen LogP contribution < -0.4 is 0 Å². The summed E-state index contributed by atoms with van der Waals surface area (Å²) in [5.41, 5.74) is 12.8. The third-order valence-corrected chi connectivity index (χ3v) is 8.85. The second-order valence-electron chi connectivity index (χ2n) is 11.6. The van der Waals surface area contributed by atoms with Gasteiger partial charge in [0.15, 0.2) is 0 Å². The van der Waals surface area contributed by atoms with Crippen molar-refractivity contribution in [3.05, 3.63) is 69.3 Å². The lowest BCUT2D eigenvalue weighted by molar-refractivity contribution is -0.137. The highest BCUT2D eigenvalue weighted by atomic mass is 16.4. The zero-order valence-corrected chi connectivity index (χ0v) is 26.2. The van der Waals surface area contributed by atoms with Crippen molar-refractivity contribution in [3.8, 4) is 0 Å².